The summed E-state index contributed by atoms with van der Waals surface area (Å²) < 4.78 is 13.1. The number of hydrogen-bond acceptors (Lipinski definition) is 0. The van der Waals surface area contributed by atoms with Crippen molar-refractivity contribution in [3.8, 4) is 0 Å². The topological polar surface area (TPSA) is 0 Å². The molecule has 0 spiro atoms. The zero-order valence-corrected chi connectivity index (χ0v) is 8.60. The summed E-state index contributed by atoms with van der Waals surface area (Å²) in [4.78, 5) is 0. The molecule has 0 atom stereocenters. The van der Waals surface area contributed by atoms with Crippen molar-refractivity contribution in [3.05, 3.63) is 35.1 Å². The Morgan fingerprint density at radius 2 is 1.85 bits per heavy atom. The number of halogens is 1. The van der Waals surface area contributed by atoms with Gasteiger partial charge in [0.05, 0.1) is 0 Å². The maximum absolute atomic E-state index is 13.1. The molecule has 0 aliphatic heterocycles. The lowest BCUT2D eigenvalue weighted by Crippen LogP contribution is -1.87. The molecule has 0 amide bonds. The van der Waals surface area contributed by atoms with E-state index in [-0.39, 0.29) is 5.82 Å². The van der Waals surface area contributed by atoms with Crippen LogP contribution in [-0.2, 0) is 0 Å². The van der Waals surface area contributed by atoms with E-state index in [1.54, 1.807) is 6.07 Å². The molecule has 0 radical (unpaired) electrons. The highest BCUT2D eigenvalue weighted by molar-refractivity contribution is 5.29. The normalized spacial score (nSPS) is 14.8. The molecule has 0 aromatic heterocycles. The van der Waals surface area contributed by atoms with Gasteiger partial charge in [-0.3, -0.25) is 0 Å². The van der Waals surface area contributed by atoms with Crippen LogP contribution in [0.25, 0.3) is 0 Å². The Hall–Kier alpha value is -0.850. The Labute approximate surface area is 79.8 Å². The first-order valence-corrected chi connectivity index (χ1v) is 5.03. The Balaban J connectivity index is 0.000000396. The van der Waals surface area contributed by atoms with Gasteiger partial charge in [-0.05, 0) is 37.3 Å². The average molecular weight is 180 g/mol. The molecular weight excluding hydrogens is 163 g/mol. The third-order valence-corrected chi connectivity index (χ3v) is 2.17. The van der Waals surface area contributed by atoms with E-state index in [0.29, 0.717) is 5.92 Å². The number of aryl methyl sites for hydroxylation is 1. The van der Waals surface area contributed by atoms with E-state index in [4.69, 9.17) is 0 Å². The van der Waals surface area contributed by atoms with Crippen molar-refractivity contribution in [2.24, 2.45) is 0 Å². The summed E-state index contributed by atoms with van der Waals surface area (Å²) in [6, 6.07) is 5.36. The van der Waals surface area contributed by atoms with Crippen LogP contribution in [-0.4, -0.2) is 0 Å². The van der Waals surface area contributed by atoms with Crippen molar-refractivity contribution in [2.45, 2.75) is 39.5 Å². The van der Waals surface area contributed by atoms with Gasteiger partial charge in [-0.2, -0.15) is 0 Å². The van der Waals surface area contributed by atoms with Gasteiger partial charge in [-0.25, -0.2) is 4.39 Å². The van der Waals surface area contributed by atoms with Crippen LogP contribution in [0, 0.1) is 12.7 Å². The van der Waals surface area contributed by atoms with E-state index in [1.165, 1.54) is 12.8 Å². The van der Waals surface area contributed by atoms with Gasteiger partial charge in [0.2, 0.25) is 0 Å². The van der Waals surface area contributed by atoms with E-state index in [0.717, 1.165) is 11.1 Å². The lowest BCUT2D eigenvalue weighted by atomic mass is 10.1. The van der Waals surface area contributed by atoms with Gasteiger partial charge < -0.3 is 0 Å². The maximum atomic E-state index is 13.1. The second kappa shape index (κ2) is 4.40. The summed E-state index contributed by atoms with van der Waals surface area (Å²) in [7, 11) is 0. The third kappa shape index (κ3) is 2.55. The molecule has 1 aromatic rings. The van der Waals surface area contributed by atoms with E-state index in [2.05, 4.69) is 0 Å². The molecule has 0 N–H and O–H groups in total. The quantitative estimate of drug-likeness (QED) is 0.612. The first-order chi connectivity index (χ1) is 6.27. The van der Waals surface area contributed by atoms with Gasteiger partial charge in [0.1, 0.15) is 5.82 Å². The fourth-order valence-electron chi connectivity index (χ4n) is 1.37. The summed E-state index contributed by atoms with van der Waals surface area (Å²) in [5.74, 6) is 0.494. The van der Waals surface area contributed by atoms with Crippen LogP contribution in [0.1, 0.15) is 43.7 Å². The SMILES string of the molecule is CC.Cc1ccc(F)c(C2CC2)c1. The second-order valence-corrected chi connectivity index (χ2v) is 3.30. The minimum absolute atomic E-state index is 0.0295. The van der Waals surface area contributed by atoms with Gasteiger partial charge in [-0.1, -0.05) is 31.5 Å². The molecule has 1 aliphatic carbocycles. The van der Waals surface area contributed by atoms with Gasteiger partial charge in [0.15, 0.2) is 0 Å². The Morgan fingerprint density at radius 1 is 1.23 bits per heavy atom. The minimum Gasteiger partial charge on any atom is -0.207 e. The van der Waals surface area contributed by atoms with Crippen LogP contribution in [0.2, 0.25) is 0 Å². The maximum Gasteiger partial charge on any atom is 0.126 e. The highest BCUT2D eigenvalue weighted by atomic mass is 19.1. The fraction of sp³-hybridized carbons (Fsp3) is 0.500. The molecule has 1 aromatic carbocycles. The Bertz CT molecular complexity index is 274. The summed E-state index contributed by atoms with van der Waals surface area (Å²) in [5.41, 5.74) is 2.08. The predicted octanol–water partition coefficient (Wildman–Crippen LogP) is 4.04. The first-order valence-electron chi connectivity index (χ1n) is 5.03. The standard InChI is InChI=1S/C10H11F.C2H6/c1-7-2-5-10(11)9(6-7)8-3-4-8;1-2/h2,5-6,8H,3-4H2,1H3;1-2H3. The molecule has 0 bridgehead atoms. The summed E-state index contributed by atoms with van der Waals surface area (Å²) >= 11 is 0. The third-order valence-electron chi connectivity index (χ3n) is 2.17. The van der Waals surface area contributed by atoms with Gasteiger partial charge in [0.25, 0.3) is 0 Å². The molecular formula is C12H17F. The van der Waals surface area contributed by atoms with Crippen molar-refractivity contribution >= 4 is 0 Å². The molecule has 0 nitrogen and oxygen atoms in total. The molecule has 0 heterocycles. The second-order valence-electron chi connectivity index (χ2n) is 3.30. The Kier molecular flexibility index (Phi) is 3.47. The Morgan fingerprint density at radius 3 is 2.38 bits per heavy atom. The highest BCUT2D eigenvalue weighted by Gasteiger charge is 2.26. The first kappa shape index (κ1) is 10.2. The molecule has 1 fully saturated rings. The van der Waals surface area contributed by atoms with Crippen molar-refractivity contribution in [3.63, 3.8) is 0 Å². The van der Waals surface area contributed by atoms with Crippen LogP contribution in [0.5, 0.6) is 0 Å². The van der Waals surface area contributed by atoms with Crippen molar-refractivity contribution in [1.29, 1.82) is 0 Å². The average Bonchev–Trinajstić information content (AvgIpc) is 2.96. The van der Waals surface area contributed by atoms with Gasteiger partial charge in [0, 0.05) is 0 Å². The van der Waals surface area contributed by atoms with Crippen LogP contribution in [0.15, 0.2) is 18.2 Å². The number of hydrogen-bond donors (Lipinski definition) is 0. The smallest absolute Gasteiger partial charge is 0.126 e. The van der Waals surface area contributed by atoms with Gasteiger partial charge >= 0.3 is 0 Å². The number of benzene rings is 1. The van der Waals surface area contributed by atoms with Crippen LogP contribution in [0.3, 0.4) is 0 Å². The summed E-state index contributed by atoms with van der Waals surface area (Å²) in [5, 5.41) is 0. The molecule has 0 unspecified atom stereocenters. The van der Waals surface area contributed by atoms with Crippen molar-refractivity contribution in [1.82, 2.24) is 0 Å². The van der Waals surface area contributed by atoms with Crippen molar-refractivity contribution in [2.75, 3.05) is 0 Å². The molecule has 72 valence electrons. The molecule has 1 saturated carbocycles. The molecule has 13 heavy (non-hydrogen) atoms. The highest BCUT2D eigenvalue weighted by Crippen LogP contribution is 2.41. The van der Waals surface area contributed by atoms with Crippen LogP contribution >= 0.6 is 0 Å². The zero-order chi connectivity index (χ0) is 9.84. The van der Waals surface area contributed by atoms with Crippen LogP contribution < -0.4 is 0 Å². The van der Waals surface area contributed by atoms with E-state index in [1.807, 2.05) is 32.9 Å². The monoisotopic (exact) mass is 180 g/mol. The largest absolute Gasteiger partial charge is 0.207 e. The molecule has 2 rings (SSSR count). The van der Waals surface area contributed by atoms with E-state index >= 15 is 0 Å². The summed E-state index contributed by atoms with van der Waals surface area (Å²) in [6.07, 6.45) is 2.33. The zero-order valence-electron chi connectivity index (χ0n) is 8.60. The lowest BCUT2D eigenvalue weighted by Gasteiger charge is -2.00. The van der Waals surface area contributed by atoms with E-state index in [9.17, 15) is 4.39 Å². The molecule has 1 aliphatic rings. The lowest BCUT2D eigenvalue weighted by molar-refractivity contribution is 0.610. The molecule has 0 saturated heterocycles. The molecule has 1 heteroatoms. The van der Waals surface area contributed by atoms with Crippen molar-refractivity contribution < 1.29 is 4.39 Å². The minimum atomic E-state index is -0.0295. The summed E-state index contributed by atoms with van der Waals surface area (Å²) in [6.45, 7) is 6.01. The number of rotatable bonds is 1. The van der Waals surface area contributed by atoms with E-state index < -0.39 is 0 Å². The fourth-order valence-corrected chi connectivity index (χ4v) is 1.37. The predicted molar refractivity (Wildman–Crippen MR) is 54.5 cm³/mol. The van der Waals surface area contributed by atoms with Crippen LogP contribution in [0.4, 0.5) is 4.39 Å². The van der Waals surface area contributed by atoms with Gasteiger partial charge in [-0.15, -0.1) is 0 Å².